The Morgan fingerprint density at radius 3 is 2.62 bits per heavy atom. The Morgan fingerprint density at radius 2 is 1.90 bits per heavy atom. The second-order valence-corrected chi connectivity index (χ2v) is 8.78. The van der Waals surface area contributed by atoms with Gasteiger partial charge in [0.1, 0.15) is 5.82 Å². The summed E-state index contributed by atoms with van der Waals surface area (Å²) in [5, 5.41) is 1.95. The molecule has 0 unspecified atom stereocenters. The van der Waals surface area contributed by atoms with E-state index in [0.29, 0.717) is 12.3 Å². The smallest absolute Gasteiger partial charge is 0.263 e. The van der Waals surface area contributed by atoms with Crippen LogP contribution in [0.15, 0.2) is 41.9 Å². The molecule has 2 aromatic rings. The van der Waals surface area contributed by atoms with Crippen LogP contribution in [-0.4, -0.2) is 65.9 Å². The third kappa shape index (κ3) is 4.96. The van der Waals surface area contributed by atoms with Gasteiger partial charge in [0.05, 0.1) is 4.88 Å². The molecule has 1 atom stereocenters. The van der Waals surface area contributed by atoms with E-state index in [9.17, 15) is 9.59 Å². The van der Waals surface area contributed by atoms with Gasteiger partial charge in [-0.15, -0.1) is 11.3 Å². The number of hydrogen-bond donors (Lipinski definition) is 0. The van der Waals surface area contributed by atoms with E-state index in [1.165, 1.54) is 11.3 Å². The number of carbonyl (C=O) groups excluding carboxylic acids is 2. The standard InChI is InChI=1S/C22H28N4O2S/c27-21(25-14-12-24(13-15-25)20-7-1-2-10-23-20)9-8-18-5-3-11-26(17-18)22(28)19-6-4-16-29-19/h1-2,4,6-7,10,16,18H,3,5,8-9,11-15,17H2/t18-/m0/s1. The van der Waals surface area contributed by atoms with Gasteiger partial charge in [0.15, 0.2) is 0 Å². The van der Waals surface area contributed by atoms with E-state index < -0.39 is 0 Å². The minimum atomic E-state index is 0.140. The van der Waals surface area contributed by atoms with E-state index in [1.807, 2.05) is 51.7 Å². The van der Waals surface area contributed by atoms with Crippen LogP contribution >= 0.6 is 11.3 Å². The van der Waals surface area contributed by atoms with Crippen LogP contribution in [0.4, 0.5) is 5.82 Å². The first kappa shape index (κ1) is 19.9. The summed E-state index contributed by atoms with van der Waals surface area (Å²) in [5.74, 6) is 1.79. The molecule has 4 rings (SSSR count). The Balaban J connectivity index is 1.22. The number of amides is 2. The van der Waals surface area contributed by atoms with Gasteiger partial charge < -0.3 is 14.7 Å². The van der Waals surface area contributed by atoms with Gasteiger partial charge in [-0.3, -0.25) is 9.59 Å². The first-order valence-electron chi connectivity index (χ1n) is 10.5. The molecule has 6 nitrogen and oxygen atoms in total. The molecule has 0 N–H and O–H groups in total. The van der Waals surface area contributed by atoms with Crippen LogP contribution in [0.2, 0.25) is 0 Å². The maximum atomic E-state index is 12.7. The summed E-state index contributed by atoms with van der Waals surface area (Å²) in [6.45, 7) is 4.77. The first-order valence-corrected chi connectivity index (χ1v) is 11.4. The zero-order chi connectivity index (χ0) is 20.1. The highest BCUT2D eigenvalue weighted by molar-refractivity contribution is 7.12. The van der Waals surface area contributed by atoms with Gasteiger partial charge in [-0.2, -0.15) is 0 Å². The number of piperidine rings is 1. The summed E-state index contributed by atoms with van der Waals surface area (Å²) >= 11 is 1.50. The quantitative estimate of drug-likeness (QED) is 0.757. The average molecular weight is 413 g/mol. The van der Waals surface area contributed by atoms with Crippen LogP contribution in [0.3, 0.4) is 0 Å². The number of piperazine rings is 1. The molecular weight excluding hydrogens is 384 g/mol. The highest BCUT2D eigenvalue weighted by atomic mass is 32.1. The number of anilines is 1. The molecule has 154 valence electrons. The number of aromatic nitrogens is 1. The zero-order valence-electron chi connectivity index (χ0n) is 16.7. The van der Waals surface area contributed by atoms with E-state index in [4.69, 9.17) is 0 Å². The molecule has 2 aliphatic rings. The van der Waals surface area contributed by atoms with Crippen LogP contribution < -0.4 is 4.90 Å². The number of likely N-dealkylation sites (tertiary alicyclic amines) is 1. The number of carbonyl (C=O) groups is 2. The Bertz CT molecular complexity index is 803. The maximum absolute atomic E-state index is 12.7. The van der Waals surface area contributed by atoms with Crippen molar-refractivity contribution in [3.05, 3.63) is 46.8 Å². The molecule has 0 aliphatic carbocycles. The van der Waals surface area contributed by atoms with E-state index in [2.05, 4.69) is 9.88 Å². The number of hydrogen-bond acceptors (Lipinski definition) is 5. The third-order valence-electron chi connectivity index (χ3n) is 5.91. The van der Waals surface area contributed by atoms with Crippen molar-refractivity contribution in [2.75, 3.05) is 44.2 Å². The van der Waals surface area contributed by atoms with Crippen molar-refractivity contribution in [1.82, 2.24) is 14.8 Å². The lowest BCUT2D eigenvalue weighted by Crippen LogP contribution is -2.49. The zero-order valence-corrected chi connectivity index (χ0v) is 17.5. The first-order chi connectivity index (χ1) is 14.2. The van der Waals surface area contributed by atoms with Crippen LogP contribution in [0.1, 0.15) is 35.4 Å². The highest BCUT2D eigenvalue weighted by Gasteiger charge is 2.27. The van der Waals surface area contributed by atoms with Crippen LogP contribution in [0.5, 0.6) is 0 Å². The molecule has 0 spiro atoms. The summed E-state index contributed by atoms with van der Waals surface area (Å²) in [4.78, 5) is 36.7. The lowest BCUT2D eigenvalue weighted by atomic mass is 9.93. The molecule has 2 saturated heterocycles. The molecule has 4 heterocycles. The van der Waals surface area contributed by atoms with E-state index in [0.717, 1.165) is 69.2 Å². The van der Waals surface area contributed by atoms with Crippen molar-refractivity contribution >= 4 is 29.0 Å². The molecule has 0 saturated carbocycles. The SMILES string of the molecule is O=C(CC[C@@H]1CCCN(C(=O)c2cccs2)C1)N1CCN(c2ccccn2)CC1. The van der Waals surface area contributed by atoms with Gasteiger partial charge in [0.25, 0.3) is 5.91 Å². The maximum Gasteiger partial charge on any atom is 0.263 e. The fraction of sp³-hybridized carbons (Fsp3) is 0.500. The van der Waals surface area contributed by atoms with E-state index in [-0.39, 0.29) is 11.8 Å². The predicted molar refractivity (Wildman–Crippen MR) is 115 cm³/mol. The topological polar surface area (TPSA) is 56.8 Å². The third-order valence-corrected chi connectivity index (χ3v) is 6.77. The van der Waals surface area contributed by atoms with E-state index >= 15 is 0 Å². The van der Waals surface area contributed by atoms with Gasteiger partial charge in [0, 0.05) is 51.9 Å². The van der Waals surface area contributed by atoms with Gasteiger partial charge >= 0.3 is 0 Å². The van der Waals surface area contributed by atoms with E-state index in [1.54, 1.807) is 0 Å². The molecule has 0 bridgehead atoms. The number of thiophene rings is 1. The van der Waals surface area contributed by atoms with Gasteiger partial charge in [-0.25, -0.2) is 4.98 Å². The summed E-state index contributed by atoms with van der Waals surface area (Å²) in [5.41, 5.74) is 0. The Labute approximate surface area is 176 Å². The van der Waals surface area contributed by atoms with Gasteiger partial charge in [-0.05, 0) is 48.8 Å². The molecule has 29 heavy (non-hydrogen) atoms. The lowest BCUT2D eigenvalue weighted by Gasteiger charge is -2.36. The molecule has 2 aromatic heterocycles. The van der Waals surface area contributed by atoms with Crippen LogP contribution in [-0.2, 0) is 4.79 Å². The summed E-state index contributed by atoms with van der Waals surface area (Å²) < 4.78 is 0. The van der Waals surface area contributed by atoms with Crippen molar-refractivity contribution in [3.63, 3.8) is 0 Å². The number of pyridine rings is 1. The van der Waals surface area contributed by atoms with Gasteiger partial charge in [-0.1, -0.05) is 12.1 Å². The van der Waals surface area contributed by atoms with Crippen molar-refractivity contribution in [1.29, 1.82) is 0 Å². The second kappa shape index (κ2) is 9.39. The van der Waals surface area contributed by atoms with Crippen molar-refractivity contribution in [2.24, 2.45) is 5.92 Å². The fourth-order valence-electron chi connectivity index (χ4n) is 4.25. The molecule has 2 fully saturated rings. The molecule has 0 aromatic carbocycles. The Morgan fingerprint density at radius 1 is 1.03 bits per heavy atom. The second-order valence-electron chi connectivity index (χ2n) is 7.83. The molecule has 2 aliphatic heterocycles. The fourth-order valence-corrected chi connectivity index (χ4v) is 4.94. The van der Waals surface area contributed by atoms with Crippen molar-refractivity contribution in [3.8, 4) is 0 Å². The van der Waals surface area contributed by atoms with Crippen molar-refractivity contribution < 1.29 is 9.59 Å². The normalized spacial score (nSPS) is 20.0. The monoisotopic (exact) mass is 412 g/mol. The highest BCUT2D eigenvalue weighted by Crippen LogP contribution is 2.24. The van der Waals surface area contributed by atoms with Crippen LogP contribution in [0, 0.1) is 5.92 Å². The van der Waals surface area contributed by atoms with Gasteiger partial charge in [0.2, 0.25) is 5.91 Å². The summed E-state index contributed by atoms with van der Waals surface area (Å²) in [6, 6.07) is 9.75. The van der Waals surface area contributed by atoms with Crippen LogP contribution in [0.25, 0.3) is 0 Å². The molecule has 0 radical (unpaired) electrons. The summed E-state index contributed by atoms with van der Waals surface area (Å²) in [7, 11) is 0. The Hall–Kier alpha value is -2.41. The number of rotatable bonds is 5. The molecule has 2 amide bonds. The minimum Gasteiger partial charge on any atom is -0.353 e. The molecule has 7 heteroatoms. The predicted octanol–water partition coefficient (Wildman–Crippen LogP) is 3.12. The average Bonchev–Trinajstić information content (AvgIpc) is 3.33. The largest absolute Gasteiger partial charge is 0.353 e. The van der Waals surface area contributed by atoms with Crippen molar-refractivity contribution in [2.45, 2.75) is 25.7 Å². The summed E-state index contributed by atoms with van der Waals surface area (Å²) in [6.07, 6.45) is 5.39. The Kier molecular flexibility index (Phi) is 6.44. The number of nitrogens with zero attached hydrogens (tertiary/aromatic N) is 4. The minimum absolute atomic E-state index is 0.140. The lowest BCUT2D eigenvalue weighted by molar-refractivity contribution is -0.131. The molecular formula is C22H28N4O2S.